The van der Waals surface area contributed by atoms with Gasteiger partial charge in [-0.1, -0.05) is 6.07 Å². The number of carbonyl (C=O) groups excluding carboxylic acids is 1. The summed E-state index contributed by atoms with van der Waals surface area (Å²) in [5, 5.41) is 9.29. The van der Waals surface area contributed by atoms with E-state index in [-0.39, 0.29) is 12.5 Å². The monoisotopic (exact) mass is 421 g/mol. The van der Waals surface area contributed by atoms with Crippen LogP contribution < -0.4 is 4.90 Å². The molecule has 0 unspecified atom stereocenters. The molecular formula is C24H31N5O2. The lowest BCUT2D eigenvalue weighted by atomic mass is 9.95. The molecule has 1 aliphatic rings. The Kier molecular flexibility index (Phi) is 6.51. The molecular weight excluding hydrogens is 390 g/mol. The number of piperidine rings is 1. The molecule has 31 heavy (non-hydrogen) atoms. The number of aromatic nitrogens is 3. The molecule has 1 fully saturated rings. The molecule has 7 nitrogen and oxygen atoms in total. The third-order valence-corrected chi connectivity index (χ3v) is 6.24. The van der Waals surface area contributed by atoms with Crippen LogP contribution in [0.15, 0.2) is 42.6 Å². The fraction of sp³-hybridized carbons (Fsp3) is 0.458. The van der Waals surface area contributed by atoms with Gasteiger partial charge in [0.05, 0.1) is 17.6 Å². The molecule has 0 atom stereocenters. The highest BCUT2D eigenvalue weighted by molar-refractivity contribution is 5.97. The number of carbonyl (C=O) groups is 1. The predicted octanol–water partition coefficient (Wildman–Crippen LogP) is 3.11. The van der Waals surface area contributed by atoms with Crippen LogP contribution in [0.4, 0.5) is 5.82 Å². The normalized spacial score (nSPS) is 14.9. The first kappa shape index (κ1) is 21.3. The van der Waals surface area contributed by atoms with E-state index in [1.807, 2.05) is 59.8 Å². The van der Waals surface area contributed by atoms with Crippen LogP contribution in [0, 0.1) is 12.8 Å². The molecule has 1 saturated heterocycles. The van der Waals surface area contributed by atoms with E-state index in [9.17, 15) is 9.90 Å². The highest BCUT2D eigenvalue weighted by atomic mass is 16.3. The SMILES string of the molecule is CCN(CC1CCN(c2ccccn2)CC1)C(=O)c1ccc2c(c1)nc(C)n2CCO. The van der Waals surface area contributed by atoms with E-state index in [0.29, 0.717) is 24.6 Å². The van der Waals surface area contributed by atoms with Crippen molar-refractivity contribution >= 4 is 22.8 Å². The van der Waals surface area contributed by atoms with Crippen molar-refractivity contribution in [1.82, 2.24) is 19.4 Å². The number of pyridine rings is 1. The third-order valence-electron chi connectivity index (χ3n) is 6.24. The summed E-state index contributed by atoms with van der Waals surface area (Å²) in [6.07, 6.45) is 3.96. The lowest BCUT2D eigenvalue weighted by molar-refractivity contribution is 0.0729. The Hall–Kier alpha value is -2.93. The van der Waals surface area contributed by atoms with Crippen molar-refractivity contribution in [2.75, 3.05) is 37.7 Å². The molecule has 164 valence electrons. The minimum absolute atomic E-state index is 0.0610. The molecule has 3 aromatic rings. The maximum Gasteiger partial charge on any atom is 0.253 e. The number of fused-ring (bicyclic) bond motifs is 1. The van der Waals surface area contributed by atoms with E-state index in [0.717, 1.165) is 55.2 Å². The lowest BCUT2D eigenvalue weighted by Crippen LogP contribution is -2.41. The number of hydrogen-bond acceptors (Lipinski definition) is 5. The van der Waals surface area contributed by atoms with Crippen LogP contribution in [0.25, 0.3) is 11.0 Å². The van der Waals surface area contributed by atoms with Gasteiger partial charge in [0.15, 0.2) is 0 Å². The Bertz CT molecular complexity index is 1030. The molecule has 0 radical (unpaired) electrons. The Morgan fingerprint density at radius 1 is 1.23 bits per heavy atom. The van der Waals surface area contributed by atoms with E-state index < -0.39 is 0 Å². The zero-order valence-corrected chi connectivity index (χ0v) is 18.4. The smallest absolute Gasteiger partial charge is 0.253 e. The van der Waals surface area contributed by atoms with Gasteiger partial charge in [-0.2, -0.15) is 0 Å². The van der Waals surface area contributed by atoms with Gasteiger partial charge in [-0.15, -0.1) is 0 Å². The maximum absolute atomic E-state index is 13.2. The van der Waals surface area contributed by atoms with Crippen LogP contribution in [-0.2, 0) is 6.54 Å². The van der Waals surface area contributed by atoms with Crippen molar-refractivity contribution in [3.05, 3.63) is 54.0 Å². The number of hydrogen-bond donors (Lipinski definition) is 1. The summed E-state index contributed by atoms with van der Waals surface area (Å²) in [6.45, 7) is 7.95. The van der Waals surface area contributed by atoms with Gasteiger partial charge in [0, 0.05) is 44.5 Å². The number of aliphatic hydroxyl groups is 1. The van der Waals surface area contributed by atoms with Crippen LogP contribution in [0.1, 0.15) is 35.9 Å². The summed E-state index contributed by atoms with van der Waals surface area (Å²) in [7, 11) is 0. The van der Waals surface area contributed by atoms with Crippen LogP contribution in [0.5, 0.6) is 0 Å². The molecule has 7 heteroatoms. The Morgan fingerprint density at radius 3 is 2.71 bits per heavy atom. The molecule has 0 spiro atoms. The van der Waals surface area contributed by atoms with Crippen LogP contribution in [0.3, 0.4) is 0 Å². The number of anilines is 1. The van der Waals surface area contributed by atoms with Crippen molar-refractivity contribution in [3.63, 3.8) is 0 Å². The number of benzene rings is 1. The number of aryl methyl sites for hydroxylation is 1. The Labute approximate surface area is 183 Å². The van der Waals surface area contributed by atoms with Gasteiger partial charge >= 0.3 is 0 Å². The standard InChI is InChI=1S/C24H31N5O2/c1-3-27(17-19-9-12-28(13-10-19)23-6-4-5-11-25-23)24(31)20-7-8-22-21(16-20)26-18(2)29(22)14-15-30/h4-8,11,16,19,30H,3,9-10,12-15,17H2,1-2H3. The number of amides is 1. The number of imidazole rings is 1. The quantitative estimate of drug-likeness (QED) is 0.635. The van der Waals surface area contributed by atoms with E-state index in [2.05, 4.69) is 20.9 Å². The molecule has 0 bridgehead atoms. The number of nitrogens with zero attached hydrogens (tertiary/aromatic N) is 5. The molecule has 2 aromatic heterocycles. The second-order valence-corrected chi connectivity index (χ2v) is 8.20. The van der Waals surface area contributed by atoms with Crippen LogP contribution in [0.2, 0.25) is 0 Å². The van der Waals surface area contributed by atoms with E-state index in [1.165, 1.54) is 0 Å². The first-order valence-electron chi connectivity index (χ1n) is 11.1. The first-order chi connectivity index (χ1) is 15.1. The van der Waals surface area contributed by atoms with Gasteiger partial charge in [0.25, 0.3) is 5.91 Å². The minimum Gasteiger partial charge on any atom is -0.395 e. The molecule has 0 aliphatic carbocycles. The van der Waals surface area contributed by atoms with Gasteiger partial charge in [-0.25, -0.2) is 9.97 Å². The highest BCUT2D eigenvalue weighted by Crippen LogP contribution is 2.24. The highest BCUT2D eigenvalue weighted by Gasteiger charge is 2.24. The first-order valence-corrected chi connectivity index (χ1v) is 11.1. The van der Waals surface area contributed by atoms with Gasteiger partial charge < -0.3 is 19.5 Å². The molecule has 1 aromatic carbocycles. The average molecular weight is 422 g/mol. The molecule has 1 N–H and O–H groups in total. The van der Waals surface area contributed by atoms with E-state index >= 15 is 0 Å². The molecule has 1 aliphatic heterocycles. The lowest BCUT2D eigenvalue weighted by Gasteiger charge is -2.35. The Balaban J connectivity index is 1.41. The van der Waals surface area contributed by atoms with Gasteiger partial charge in [-0.3, -0.25) is 4.79 Å². The fourth-order valence-electron chi connectivity index (χ4n) is 4.50. The van der Waals surface area contributed by atoms with Crippen molar-refractivity contribution in [3.8, 4) is 0 Å². The summed E-state index contributed by atoms with van der Waals surface area (Å²) < 4.78 is 1.98. The summed E-state index contributed by atoms with van der Waals surface area (Å²) in [4.78, 5) is 26.6. The fourth-order valence-corrected chi connectivity index (χ4v) is 4.50. The molecule has 0 saturated carbocycles. The molecule has 4 rings (SSSR count). The summed E-state index contributed by atoms with van der Waals surface area (Å²) in [5.41, 5.74) is 2.43. The molecule has 1 amide bonds. The number of rotatable bonds is 7. The van der Waals surface area contributed by atoms with E-state index in [1.54, 1.807) is 0 Å². The number of aliphatic hydroxyl groups excluding tert-OH is 1. The van der Waals surface area contributed by atoms with Crippen molar-refractivity contribution in [1.29, 1.82) is 0 Å². The van der Waals surface area contributed by atoms with Crippen LogP contribution in [-0.4, -0.2) is 63.2 Å². The van der Waals surface area contributed by atoms with Gasteiger partial charge in [0.2, 0.25) is 0 Å². The van der Waals surface area contributed by atoms with Gasteiger partial charge in [-0.05, 0) is 62.9 Å². The summed E-state index contributed by atoms with van der Waals surface area (Å²) in [6, 6.07) is 11.7. The predicted molar refractivity (Wildman–Crippen MR) is 122 cm³/mol. The third kappa shape index (κ3) is 4.56. The van der Waals surface area contributed by atoms with Crippen molar-refractivity contribution < 1.29 is 9.90 Å². The van der Waals surface area contributed by atoms with Crippen LogP contribution >= 0.6 is 0 Å². The average Bonchev–Trinajstić information content (AvgIpc) is 3.12. The van der Waals surface area contributed by atoms with Crippen molar-refractivity contribution in [2.24, 2.45) is 5.92 Å². The van der Waals surface area contributed by atoms with E-state index in [4.69, 9.17) is 0 Å². The zero-order valence-electron chi connectivity index (χ0n) is 18.4. The van der Waals surface area contributed by atoms with Gasteiger partial charge in [0.1, 0.15) is 11.6 Å². The summed E-state index contributed by atoms with van der Waals surface area (Å²) in [5.74, 6) is 2.44. The topological polar surface area (TPSA) is 74.5 Å². The largest absolute Gasteiger partial charge is 0.395 e. The minimum atomic E-state index is 0.0610. The molecule has 3 heterocycles. The summed E-state index contributed by atoms with van der Waals surface area (Å²) >= 11 is 0. The second kappa shape index (κ2) is 9.47. The maximum atomic E-state index is 13.2. The van der Waals surface area contributed by atoms with Crippen molar-refractivity contribution in [2.45, 2.75) is 33.2 Å². The zero-order chi connectivity index (χ0) is 21.8. The second-order valence-electron chi connectivity index (χ2n) is 8.20. The Morgan fingerprint density at radius 2 is 2.03 bits per heavy atom.